The molecule has 5 nitrogen and oxygen atoms in total. The fourth-order valence-corrected chi connectivity index (χ4v) is 2.50. The smallest absolute Gasteiger partial charge is 0.341 e. The summed E-state index contributed by atoms with van der Waals surface area (Å²) in [6, 6.07) is 7.87. The van der Waals surface area contributed by atoms with E-state index in [4.69, 9.17) is 4.74 Å². The van der Waals surface area contributed by atoms with Gasteiger partial charge in [0.1, 0.15) is 11.3 Å². The van der Waals surface area contributed by atoms with E-state index in [-0.39, 0.29) is 23.8 Å². The fourth-order valence-electron chi connectivity index (χ4n) is 1.74. The van der Waals surface area contributed by atoms with Crippen LogP contribution in [0.2, 0.25) is 0 Å². The minimum absolute atomic E-state index is 0.0250. The van der Waals surface area contributed by atoms with Gasteiger partial charge in [-0.05, 0) is 44.2 Å². The summed E-state index contributed by atoms with van der Waals surface area (Å²) in [7, 11) is 0. The van der Waals surface area contributed by atoms with E-state index in [0.717, 1.165) is 4.88 Å². The van der Waals surface area contributed by atoms with Crippen molar-refractivity contribution in [3.63, 3.8) is 0 Å². The molecule has 0 saturated carbocycles. The van der Waals surface area contributed by atoms with E-state index < -0.39 is 5.97 Å². The van der Waals surface area contributed by atoms with Crippen LogP contribution in [0.4, 0.5) is 5.69 Å². The molecule has 0 atom stereocenters. The molecule has 0 spiro atoms. The molecule has 0 unspecified atom stereocenters. The van der Waals surface area contributed by atoms with Crippen molar-refractivity contribution in [1.82, 2.24) is 0 Å². The second-order valence-corrected chi connectivity index (χ2v) is 5.60. The number of carbonyl (C=O) groups excluding carboxylic acids is 2. The molecule has 110 valence electrons. The van der Waals surface area contributed by atoms with Gasteiger partial charge >= 0.3 is 5.97 Å². The summed E-state index contributed by atoms with van der Waals surface area (Å²) in [4.78, 5) is 25.3. The molecule has 2 aromatic rings. The highest BCUT2D eigenvalue weighted by molar-refractivity contribution is 7.14. The maximum absolute atomic E-state index is 12.0. The summed E-state index contributed by atoms with van der Waals surface area (Å²) in [5.41, 5.74) is 0.448. The molecule has 1 aromatic heterocycles. The lowest BCUT2D eigenvalue weighted by molar-refractivity contribution is 0.0523. The van der Waals surface area contributed by atoms with Crippen LogP contribution in [0.15, 0.2) is 30.3 Å². The van der Waals surface area contributed by atoms with E-state index in [1.165, 1.54) is 29.5 Å². The largest absolute Gasteiger partial charge is 0.507 e. The Morgan fingerprint density at radius 2 is 2.05 bits per heavy atom. The van der Waals surface area contributed by atoms with Crippen LogP contribution in [-0.4, -0.2) is 23.6 Å². The molecule has 1 aromatic carbocycles. The number of rotatable bonds is 4. The number of benzene rings is 1. The Morgan fingerprint density at radius 3 is 2.67 bits per heavy atom. The van der Waals surface area contributed by atoms with Gasteiger partial charge in [0, 0.05) is 10.6 Å². The first kappa shape index (κ1) is 15.1. The van der Waals surface area contributed by atoms with Crippen LogP contribution in [0, 0.1) is 6.92 Å². The number of esters is 1. The molecule has 0 radical (unpaired) electrons. The van der Waals surface area contributed by atoms with Gasteiger partial charge in [-0.1, -0.05) is 0 Å². The Hall–Kier alpha value is -2.34. The first-order valence-electron chi connectivity index (χ1n) is 6.39. The molecule has 0 aliphatic heterocycles. The molecule has 2 N–H and O–H groups in total. The second kappa shape index (κ2) is 6.41. The summed E-state index contributed by atoms with van der Waals surface area (Å²) < 4.78 is 4.85. The molecule has 1 amide bonds. The van der Waals surface area contributed by atoms with Gasteiger partial charge in [-0.25, -0.2) is 4.79 Å². The number of phenolic OH excluding ortho intramolecular Hbond substituents is 1. The highest BCUT2D eigenvalue weighted by atomic mass is 32.1. The molecule has 0 aliphatic carbocycles. The lowest BCUT2D eigenvalue weighted by Gasteiger charge is -2.08. The van der Waals surface area contributed by atoms with E-state index in [0.29, 0.717) is 10.6 Å². The molecule has 6 heteroatoms. The van der Waals surface area contributed by atoms with Gasteiger partial charge in [0.2, 0.25) is 0 Å². The average molecular weight is 305 g/mol. The van der Waals surface area contributed by atoms with E-state index in [2.05, 4.69) is 5.32 Å². The predicted molar refractivity (Wildman–Crippen MR) is 81.1 cm³/mol. The minimum atomic E-state index is -0.627. The number of aromatic hydroxyl groups is 1. The van der Waals surface area contributed by atoms with Crippen LogP contribution in [0.5, 0.6) is 5.75 Å². The van der Waals surface area contributed by atoms with Crippen LogP contribution >= 0.6 is 11.3 Å². The predicted octanol–water partition coefficient (Wildman–Crippen LogP) is 3.19. The zero-order valence-corrected chi connectivity index (χ0v) is 12.5. The SMILES string of the molecule is CCOC(=O)c1cc(NC(=O)c2ccc(C)s2)ccc1O. The number of aryl methyl sites for hydroxylation is 1. The Morgan fingerprint density at radius 1 is 1.29 bits per heavy atom. The number of hydrogen-bond acceptors (Lipinski definition) is 5. The Kier molecular flexibility index (Phi) is 4.59. The summed E-state index contributed by atoms with van der Waals surface area (Å²) in [5.74, 6) is -1.06. The minimum Gasteiger partial charge on any atom is -0.507 e. The van der Waals surface area contributed by atoms with Crippen LogP contribution in [0.3, 0.4) is 0 Å². The number of carbonyl (C=O) groups is 2. The second-order valence-electron chi connectivity index (χ2n) is 4.32. The summed E-state index contributed by atoms with van der Waals surface area (Å²) in [6.07, 6.45) is 0. The molecule has 21 heavy (non-hydrogen) atoms. The Labute approximate surface area is 126 Å². The number of phenols is 1. The van der Waals surface area contributed by atoms with Gasteiger partial charge in [0.05, 0.1) is 11.5 Å². The lowest BCUT2D eigenvalue weighted by Crippen LogP contribution is -2.11. The van der Waals surface area contributed by atoms with E-state index in [1.807, 2.05) is 13.0 Å². The highest BCUT2D eigenvalue weighted by Gasteiger charge is 2.15. The Bertz CT molecular complexity index is 678. The standard InChI is InChI=1S/C15H15NO4S/c1-3-20-15(19)11-8-10(5-6-12(11)17)16-14(18)13-7-4-9(2)21-13/h4-8,17H,3H2,1-2H3,(H,16,18). The van der Waals surface area contributed by atoms with E-state index in [1.54, 1.807) is 13.0 Å². The molecule has 0 fully saturated rings. The Balaban J connectivity index is 2.19. The van der Waals surface area contributed by atoms with Crippen molar-refractivity contribution < 1.29 is 19.4 Å². The molecule has 2 rings (SSSR count). The number of hydrogen-bond donors (Lipinski definition) is 2. The van der Waals surface area contributed by atoms with Crippen molar-refractivity contribution in [1.29, 1.82) is 0 Å². The van der Waals surface area contributed by atoms with E-state index >= 15 is 0 Å². The van der Waals surface area contributed by atoms with Gasteiger partial charge in [-0.3, -0.25) is 4.79 Å². The third-order valence-corrected chi connectivity index (χ3v) is 3.71. The summed E-state index contributed by atoms with van der Waals surface area (Å²) in [5, 5.41) is 12.4. The average Bonchev–Trinajstić information content (AvgIpc) is 2.88. The van der Waals surface area contributed by atoms with Crippen molar-refractivity contribution in [2.75, 3.05) is 11.9 Å². The molecule has 1 heterocycles. The van der Waals surface area contributed by atoms with Gasteiger partial charge in [0.15, 0.2) is 0 Å². The first-order chi connectivity index (χ1) is 10.0. The van der Waals surface area contributed by atoms with Crippen LogP contribution in [-0.2, 0) is 4.74 Å². The zero-order chi connectivity index (χ0) is 15.4. The molecular weight excluding hydrogens is 290 g/mol. The quantitative estimate of drug-likeness (QED) is 0.672. The van der Waals surface area contributed by atoms with Crippen molar-refractivity contribution in [2.24, 2.45) is 0 Å². The summed E-state index contributed by atoms with van der Waals surface area (Å²) >= 11 is 1.38. The molecule has 0 saturated heterocycles. The fraction of sp³-hybridized carbons (Fsp3) is 0.200. The van der Waals surface area contributed by atoms with Crippen molar-refractivity contribution in [3.8, 4) is 5.75 Å². The molecular formula is C15H15NO4S. The number of thiophene rings is 1. The number of ether oxygens (including phenoxy) is 1. The monoisotopic (exact) mass is 305 g/mol. The zero-order valence-electron chi connectivity index (χ0n) is 11.7. The van der Waals surface area contributed by atoms with Crippen LogP contribution in [0.1, 0.15) is 31.8 Å². The van der Waals surface area contributed by atoms with Crippen molar-refractivity contribution in [2.45, 2.75) is 13.8 Å². The topological polar surface area (TPSA) is 75.6 Å². The van der Waals surface area contributed by atoms with Gasteiger partial charge in [-0.2, -0.15) is 0 Å². The van der Waals surface area contributed by atoms with Gasteiger partial charge in [-0.15, -0.1) is 11.3 Å². The number of nitrogens with one attached hydrogen (secondary N) is 1. The highest BCUT2D eigenvalue weighted by Crippen LogP contribution is 2.23. The van der Waals surface area contributed by atoms with E-state index in [9.17, 15) is 14.7 Å². The third-order valence-electron chi connectivity index (χ3n) is 2.71. The lowest BCUT2D eigenvalue weighted by atomic mass is 10.1. The number of anilines is 1. The molecule has 0 bridgehead atoms. The third kappa shape index (κ3) is 3.61. The maximum Gasteiger partial charge on any atom is 0.341 e. The van der Waals surface area contributed by atoms with Gasteiger partial charge < -0.3 is 15.2 Å². The maximum atomic E-state index is 12.0. The summed E-state index contributed by atoms with van der Waals surface area (Å²) in [6.45, 7) is 3.81. The van der Waals surface area contributed by atoms with Crippen LogP contribution in [0.25, 0.3) is 0 Å². The van der Waals surface area contributed by atoms with Crippen molar-refractivity contribution in [3.05, 3.63) is 45.6 Å². The molecule has 0 aliphatic rings. The van der Waals surface area contributed by atoms with Crippen LogP contribution < -0.4 is 5.32 Å². The number of amides is 1. The van der Waals surface area contributed by atoms with Gasteiger partial charge in [0.25, 0.3) is 5.91 Å². The first-order valence-corrected chi connectivity index (χ1v) is 7.21. The van der Waals surface area contributed by atoms with Crippen molar-refractivity contribution >= 4 is 28.9 Å². The normalized spacial score (nSPS) is 10.2.